The van der Waals surface area contributed by atoms with Gasteiger partial charge in [0.2, 0.25) is 5.88 Å². The summed E-state index contributed by atoms with van der Waals surface area (Å²) >= 11 is 0. The summed E-state index contributed by atoms with van der Waals surface area (Å²) in [5.74, 6) is 1.24. The number of likely N-dealkylation sites (tertiary alicyclic amines) is 1. The van der Waals surface area contributed by atoms with E-state index < -0.39 is 0 Å². The van der Waals surface area contributed by atoms with Gasteiger partial charge in [-0.3, -0.25) is 9.69 Å². The van der Waals surface area contributed by atoms with Crippen molar-refractivity contribution in [1.29, 1.82) is 0 Å². The van der Waals surface area contributed by atoms with Crippen LogP contribution in [0.3, 0.4) is 0 Å². The van der Waals surface area contributed by atoms with Crippen molar-refractivity contribution in [2.24, 2.45) is 0 Å². The molecule has 1 saturated heterocycles. The lowest BCUT2D eigenvalue weighted by Crippen LogP contribution is -2.30. The minimum Gasteiger partial charge on any atom is -0.438 e. The normalized spacial score (nSPS) is 14.3. The molecule has 4 aromatic rings. The second-order valence-corrected chi connectivity index (χ2v) is 8.67. The van der Waals surface area contributed by atoms with E-state index in [-0.39, 0.29) is 5.91 Å². The molecule has 0 bridgehead atoms. The van der Waals surface area contributed by atoms with Gasteiger partial charge in [0, 0.05) is 29.9 Å². The van der Waals surface area contributed by atoms with Crippen molar-refractivity contribution in [3.8, 4) is 11.6 Å². The monoisotopic (exact) mass is 456 g/mol. The number of imidazole rings is 1. The number of ether oxygens (including phenoxy) is 1. The van der Waals surface area contributed by atoms with Crippen LogP contribution in [-0.2, 0) is 6.54 Å². The number of nitrogens with one attached hydrogen (secondary N) is 1. The fourth-order valence-electron chi connectivity index (χ4n) is 4.29. The average Bonchev–Trinajstić information content (AvgIpc) is 3.21. The molecule has 1 fully saturated rings. The maximum atomic E-state index is 13.2. The number of rotatable bonds is 6. The Kier molecular flexibility index (Phi) is 6.14. The summed E-state index contributed by atoms with van der Waals surface area (Å²) < 4.78 is 7.51. The summed E-state index contributed by atoms with van der Waals surface area (Å²) in [6.45, 7) is 4.91. The molecule has 2 aromatic carbocycles. The van der Waals surface area contributed by atoms with Gasteiger partial charge in [0.05, 0.1) is 6.20 Å². The third kappa shape index (κ3) is 4.87. The van der Waals surface area contributed by atoms with Crippen LogP contribution in [0.2, 0.25) is 0 Å². The third-order valence-electron chi connectivity index (χ3n) is 6.10. The molecule has 0 atom stereocenters. The highest BCUT2D eigenvalue weighted by Crippen LogP contribution is 2.27. The van der Waals surface area contributed by atoms with E-state index >= 15 is 0 Å². The first-order chi connectivity index (χ1) is 16.5. The molecule has 1 amide bonds. The fourth-order valence-corrected chi connectivity index (χ4v) is 4.29. The highest BCUT2D eigenvalue weighted by Gasteiger charge is 2.17. The number of carbonyl (C=O) groups is 1. The molecule has 1 aliphatic rings. The highest BCUT2D eigenvalue weighted by molar-refractivity contribution is 6.05. The number of carbonyl (C=O) groups excluding carboxylic acids is 1. The van der Waals surface area contributed by atoms with Gasteiger partial charge in [-0.25, -0.2) is 9.50 Å². The van der Waals surface area contributed by atoms with Gasteiger partial charge in [-0.05, 0) is 62.2 Å². The van der Waals surface area contributed by atoms with Crippen molar-refractivity contribution < 1.29 is 9.53 Å². The number of amides is 1. The molecule has 0 aliphatic carbocycles. The molecule has 2 aromatic heterocycles. The van der Waals surface area contributed by atoms with E-state index in [2.05, 4.69) is 20.3 Å². The second-order valence-electron chi connectivity index (χ2n) is 8.67. The van der Waals surface area contributed by atoms with Crippen molar-refractivity contribution in [1.82, 2.24) is 19.5 Å². The van der Waals surface area contributed by atoms with Gasteiger partial charge in [-0.15, -0.1) is 5.10 Å². The lowest BCUT2D eigenvalue weighted by molar-refractivity contribution is 0.102. The summed E-state index contributed by atoms with van der Waals surface area (Å²) in [5, 5.41) is 7.45. The van der Waals surface area contributed by atoms with Crippen molar-refractivity contribution in [3.63, 3.8) is 0 Å². The zero-order chi connectivity index (χ0) is 23.5. The number of nitrogens with two attached hydrogens (primary N) is 1. The predicted molar refractivity (Wildman–Crippen MR) is 132 cm³/mol. The lowest BCUT2D eigenvalue weighted by Gasteiger charge is -2.27. The van der Waals surface area contributed by atoms with Gasteiger partial charge in [-0.1, -0.05) is 30.7 Å². The van der Waals surface area contributed by atoms with Gasteiger partial charge in [0.15, 0.2) is 5.65 Å². The maximum Gasteiger partial charge on any atom is 0.255 e. The van der Waals surface area contributed by atoms with Crippen LogP contribution in [0.25, 0.3) is 5.65 Å². The number of aryl methyl sites for hydroxylation is 1. The first kappa shape index (κ1) is 21.9. The molecule has 174 valence electrons. The number of anilines is 2. The van der Waals surface area contributed by atoms with Gasteiger partial charge in [-0.2, -0.15) is 0 Å². The van der Waals surface area contributed by atoms with Crippen LogP contribution in [0.1, 0.15) is 40.7 Å². The van der Waals surface area contributed by atoms with Crippen LogP contribution in [0, 0.1) is 6.92 Å². The van der Waals surface area contributed by atoms with Gasteiger partial charge in [0.25, 0.3) is 5.91 Å². The number of nitrogens with zero attached hydrogens (tertiary/aromatic N) is 4. The lowest BCUT2D eigenvalue weighted by atomic mass is 10.0. The van der Waals surface area contributed by atoms with E-state index in [9.17, 15) is 4.79 Å². The molecule has 8 heteroatoms. The van der Waals surface area contributed by atoms with Crippen LogP contribution in [0.5, 0.6) is 11.6 Å². The van der Waals surface area contributed by atoms with Crippen molar-refractivity contribution >= 4 is 23.1 Å². The van der Waals surface area contributed by atoms with Crippen LogP contribution < -0.4 is 15.8 Å². The molecule has 0 radical (unpaired) electrons. The van der Waals surface area contributed by atoms with Crippen molar-refractivity contribution in [2.45, 2.75) is 32.7 Å². The molecule has 3 heterocycles. The summed E-state index contributed by atoms with van der Waals surface area (Å²) in [6, 6.07) is 16.9. The molecule has 0 unspecified atom stereocenters. The molecule has 0 saturated carbocycles. The summed E-state index contributed by atoms with van der Waals surface area (Å²) in [4.78, 5) is 19.8. The quantitative estimate of drug-likeness (QED) is 0.438. The fraction of sp³-hybridized carbons (Fsp3) is 0.269. The number of hydrogen-bond acceptors (Lipinski definition) is 6. The topological polar surface area (TPSA) is 97.8 Å². The Morgan fingerprint density at radius 2 is 1.91 bits per heavy atom. The van der Waals surface area contributed by atoms with Crippen molar-refractivity contribution in [2.75, 3.05) is 24.1 Å². The number of fused-ring (bicyclic) bond motifs is 1. The number of aromatic nitrogens is 3. The Morgan fingerprint density at radius 3 is 2.76 bits per heavy atom. The number of nitrogen functional groups attached to an aromatic ring is 1. The highest BCUT2D eigenvalue weighted by atomic mass is 16.5. The van der Waals surface area contributed by atoms with Crippen molar-refractivity contribution in [3.05, 3.63) is 77.5 Å². The van der Waals surface area contributed by atoms with E-state index in [0.717, 1.165) is 30.8 Å². The van der Waals surface area contributed by atoms with E-state index in [4.69, 9.17) is 10.5 Å². The van der Waals surface area contributed by atoms with Crippen LogP contribution in [0.4, 0.5) is 11.5 Å². The first-order valence-electron chi connectivity index (χ1n) is 11.6. The van der Waals surface area contributed by atoms with Gasteiger partial charge in [0.1, 0.15) is 11.6 Å². The number of benzene rings is 2. The Labute approximate surface area is 198 Å². The second kappa shape index (κ2) is 9.52. The molecular formula is C26H28N6O2. The zero-order valence-corrected chi connectivity index (χ0v) is 19.2. The number of hydrogen-bond donors (Lipinski definition) is 2. The minimum absolute atomic E-state index is 0.124. The third-order valence-corrected chi connectivity index (χ3v) is 6.10. The van der Waals surface area contributed by atoms with E-state index in [1.165, 1.54) is 19.3 Å². The molecule has 8 nitrogen and oxygen atoms in total. The summed E-state index contributed by atoms with van der Waals surface area (Å²) in [7, 11) is 0. The Morgan fingerprint density at radius 1 is 1.09 bits per heavy atom. The summed E-state index contributed by atoms with van der Waals surface area (Å²) in [6.07, 6.45) is 5.35. The molecule has 34 heavy (non-hydrogen) atoms. The molecule has 5 rings (SSSR count). The smallest absolute Gasteiger partial charge is 0.255 e. The first-order valence-corrected chi connectivity index (χ1v) is 11.6. The largest absolute Gasteiger partial charge is 0.438 e. The Balaban J connectivity index is 1.33. The van der Waals surface area contributed by atoms with Crippen LogP contribution >= 0.6 is 0 Å². The zero-order valence-electron chi connectivity index (χ0n) is 19.2. The Bertz CT molecular complexity index is 1330. The maximum absolute atomic E-state index is 13.2. The summed E-state index contributed by atoms with van der Waals surface area (Å²) in [5.41, 5.74) is 9.76. The standard InChI is InChI=1S/C26H28N6O2/c1-18-9-10-20(34-25-12-11-24-29-23(27)17-32(24)30-25)15-22(18)28-26(33)21-8-4-3-7-19(21)16-31-13-5-2-6-14-31/h3-4,7-12,15,17H,2,5-6,13-14,16,27H2,1H3,(H,28,33). The minimum atomic E-state index is -0.124. The predicted octanol–water partition coefficient (Wildman–Crippen LogP) is 4.65. The number of piperidine rings is 1. The SMILES string of the molecule is Cc1ccc(Oc2ccc3nc(N)cn3n2)cc1NC(=O)c1ccccc1CN1CCCCC1. The van der Waals surface area contributed by atoms with Gasteiger partial charge >= 0.3 is 0 Å². The Hall–Kier alpha value is -3.91. The van der Waals surface area contributed by atoms with Crippen LogP contribution in [-0.4, -0.2) is 38.5 Å². The molecular weight excluding hydrogens is 428 g/mol. The van der Waals surface area contributed by atoms with E-state index in [1.807, 2.05) is 49.4 Å². The molecule has 1 aliphatic heterocycles. The van der Waals surface area contributed by atoms with E-state index in [1.54, 1.807) is 22.8 Å². The van der Waals surface area contributed by atoms with E-state index in [0.29, 0.717) is 34.3 Å². The molecule has 0 spiro atoms. The average molecular weight is 457 g/mol. The van der Waals surface area contributed by atoms with Crippen LogP contribution in [0.15, 0.2) is 60.8 Å². The van der Waals surface area contributed by atoms with Gasteiger partial charge < -0.3 is 15.8 Å². The molecule has 3 N–H and O–H groups in total.